The van der Waals surface area contributed by atoms with Gasteiger partial charge in [0.15, 0.2) is 0 Å². The quantitative estimate of drug-likeness (QED) is 0.182. The van der Waals surface area contributed by atoms with Gasteiger partial charge in [0.1, 0.15) is 34.6 Å². The van der Waals surface area contributed by atoms with Gasteiger partial charge in [0.05, 0.1) is 50.5 Å². The predicted octanol–water partition coefficient (Wildman–Crippen LogP) is 8.37. The van der Waals surface area contributed by atoms with E-state index in [0.717, 1.165) is 89.4 Å². The zero-order valence-electron chi connectivity index (χ0n) is 25.8. The third-order valence-electron chi connectivity index (χ3n) is 8.65. The third-order valence-corrected chi connectivity index (χ3v) is 8.65. The van der Waals surface area contributed by atoms with Gasteiger partial charge in [-0.25, -0.2) is 9.97 Å². The van der Waals surface area contributed by atoms with Crippen LogP contribution in [0.25, 0.3) is 66.4 Å². The number of methoxy groups -OCH3 is 4. The van der Waals surface area contributed by atoms with Crippen LogP contribution in [0.2, 0.25) is 0 Å². The highest BCUT2D eigenvalue weighted by Crippen LogP contribution is 2.37. The molecule has 0 aliphatic carbocycles. The SMILES string of the molecule is COc1ccc2c(c1)c1cc(OC)ccc1n2-c1ccc(-c2ccc(-n3c4ccc(OC)cc4c4cc(OC)ccc43)nc2)cn1. The van der Waals surface area contributed by atoms with Gasteiger partial charge in [-0.15, -0.1) is 0 Å². The van der Waals surface area contributed by atoms with Crippen molar-refractivity contribution in [2.24, 2.45) is 0 Å². The molecule has 0 unspecified atom stereocenters. The summed E-state index contributed by atoms with van der Waals surface area (Å²) in [7, 11) is 6.72. The van der Waals surface area contributed by atoms with E-state index in [4.69, 9.17) is 28.9 Å². The normalized spacial score (nSPS) is 11.5. The molecule has 4 heterocycles. The van der Waals surface area contributed by atoms with Gasteiger partial charge in [-0.3, -0.25) is 9.13 Å². The first-order chi connectivity index (χ1) is 22.6. The second-order valence-electron chi connectivity index (χ2n) is 11.0. The number of aromatic nitrogens is 4. The number of benzene rings is 4. The minimum atomic E-state index is 0.800. The van der Waals surface area contributed by atoms with Crippen molar-refractivity contribution in [1.29, 1.82) is 0 Å². The maximum Gasteiger partial charge on any atom is 0.137 e. The van der Waals surface area contributed by atoms with E-state index in [0.29, 0.717) is 0 Å². The maximum absolute atomic E-state index is 5.53. The Morgan fingerprint density at radius 1 is 0.391 bits per heavy atom. The Balaban J connectivity index is 1.18. The Bertz CT molecular complexity index is 2110. The van der Waals surface area contributed by atoms with Gasteiger partial charge in [-0.05, 0) is 97.1 Å². The maximum atomic E-state index is 5.53. The highest BCUT2D eigenvalue weighted by molar-refractivity contribution is 6.11. The lowest BCUT2D eigenvalue weighted by atomic mass is 10.1. The van der Waals surface area contributed by atoms with Gasteiger partial charge in [0.2, 0.25) is 0 Å². The van der Waals surface area contributed by atoms with Gasteiger partial charge < -0.3 is 18.9 Å². The fourth-order valence-corrected chi connectivity index (χ4v) is 6.34. The van der Waals surface area contributed by atoms with Crippen LogP contribution in [0.3, 0.4) is 0 Å². The van der Waals surface area contributed by atoms with Crippen molar-refractivity contribution in [3.8, 4) is 45.8 Å². The first kappa shape index (κ1) is 27.5. The second-order valence-corrected chi connectivity index (χ2v) is 11.0. The Labute approximate surface area is 265 Å². The van der Waals surface area contributed by atoms with Crippen LogP contribution in [0.15, 0.2) is 109 Å². The predicted molar refractivity (Wildman–Crippen MR) is 182 cm³/mol. The number of ether oxygens (including phenoxy) is 4. The lowest BCUT2D eigenvalue weighted by Crippen LogP contribution is -1.99. The Morgan fingerprint density at radius 3 is 0.935 bits per heavy atom. The van der Waals surface area contributed by atoms with Crippen molar-refractivity contribution in [1.82, 2.24) is 19.1 Å². The van der Waals surface area contributed by atoms with Crippen molar-refractivity contribution < 1.29 is 18.9 Å². The number of nitrogens with zero attached hydrogens (tertiary/aromatic N) is 4. The van der Waals surface area contributed by atoms with Gasteiger partial charge in [-0.1, -0.05) is 0 Å². The minimum absolute atomic E-state index is 0.800. The fraction of sp³-hybridized carbons (Fsp3) is 0.105. The van der Waals surface area contributed by atoms with Crippen molar-refractivity contribution in [2.75, 3.05) is 28.4 Å². The molecule has 0 aliphatic rings. The summed E-state index contributed by atoms with van der Waals surface area (Å²) in [6, 6.07) is 32.7. The zero-order chi connectivity index (χ0) is 31.4. The summed E-state index contributed by atoms with van der Waals surface area (Å²) in [6.45, 7) is 0. The molecule has 0 saturated carbocycles. The van der Waals surface area contributed by atoms with Crippen molar-refractivity contribution in [3.63, 3.8) is 0 Å². The largest absolute Gasteiger partial charge is 0.497 e. The molecule has 0 atom stereocenters. The van der Waals surface area contributed by atoms with Crippen LogP contribution < -0.4 is 18.9 Å². The number of rotatable bonds is 7. The summed E-state index contributed by atoms with van der Waals surface area (Å²) in [5.74, 6) is 4.84. The molecular formula is C38H30N4O4. The fourth-order valence-electron chi connectivity index (χ4n) is 6.34. The standard InChI is InChI=1S/C38H30N4O4/c1-43-25-7-11-33-29(17-25)30-18-26(44-2)8-12-34(30)41(33)37-15-5-23(21-39-37)24-6-16-38(40-22-24)42-35-13-9-27(45-3)19-31(35)32-20-28(46-4)10-14-36(32)42/h5-22H,1-4H3. The van der Waals surface area contributed by atoms with Gasteiger partial charge >= 0.3 is 0 Å². The summed E-state index contributed by atoms with van der Waals surface area (Å²) in [5.41, 5.74) is 6.11. The minimum Gasteiger partial charge on any atom is -0.497 e. The molecular weight excluding hydrogens is 576 g/mol. The van der Waals surface area contributed by atoms with E-state index in [1.165, 1.54) is 0 Å². The van der Waals surface area contributed by atoms with E-state index < -0.39 is 0 Å². The summed E-state index contributed by atoms with van der Waals surface area (Å²) in [5, 5.41) is 4.28. The zero-order valence-corrected chi connectivity index (χ0v) is 25.8. The van der Waals surface area contributed by atoms with E-state index >= 15 is 0 Å². The smallest absolute Gasteiger partial charge is 0.137 e. The Hall–Kier alpha value is -6.02. The average Bonchev–Trinajstić information content (AvgIpc) is 3.62. The summed E-state index contributed by atoms with van der Waals surface area (Å²) >= 11 is 0. The van der Waals surface area contributed by atoms with Crippen LogP contribution >= 0.6 is 0 Å². The first-order valence-electron chi connectivity index (χ1n) is 14.9. The van der Waals surface area contributed by atoms with E-state index in [9.17, 15) is 0 Å². The van der Waals surface area contributed by atoms with E-state index in [1.54, 1.807) is 28.4 Å². The van der Waals surface area contributed by atoms with Crippen molar-refractivity contribution in [2.45, 2.75) is 0 Å². The molecule has 0 N–H and O–H groups in total. The highest BCUT2D eigenvalue weighted by Gasteiger charge is 2.17. The molecule has 0 fully saturated rings. The molecule has 0 saturated heterocycles. The van der Waals surface area contributed by atoms with Gasteiger partial charge in [0.25, 0.3) is 0 Å². The molecule has 8 aromatic rings. The number of hydrogen-bond donors (Lipinski definition) is 0. The molecule has 46 heavy (non-hydrogen) atoms. The van der Waals surface area contributed by atoms with Crippen molar-refractivity contribution >= 4 is 43.6 Å². The molecule has 226 valence electrons. The van der Waals surface area contributed by atoms with E-state index in [-0.39, 0.29) is 0 Å². The van der Waals surface area contributed by atoms with E-state index in [1.807, 2.05) is 48.8 Å². The molecule has 0 amide bonds. The monoisotopic (exact) mass is 606 g/mol. The van der Waals surface area contributed by atoms with Crippen LogP contribution in [0.5, 0.6) is 23.0 Å². The number of fused-ring (bicyclic) bond motifs is 6. The average molecular weight is 607 g/mol. The van der Waals surface area contributed by atoms with Crippen LogP contribution in [-0.4, -0.2) is 47.5 Å². The number of hydrogen-bond acceptors (Lipinski definition) is 6. The van der Waals surface area contributed by atoms with Crippen LogP contribution in [0.4, 0.5) is 0 Å². The number of pyridine rings is 2. The summed E-state index contributed by atoms with van der Waals surface area (Å²) < 4.78 is 26.4. The van der Waals surface area contributed by atoms with Gasteiger partial charge in [-0.2, -0.15) is 0 Å². The second kappa shape index (κ2) is 10.9. The summed E-state index contributed by atoms with van der Waals surface area (Å²) in [4.78, 5) is 9.83. The Morgan fingerprint density at radius 2 is 0.696 bits per heavy atom. The summed E-state index contributed by atoms with van der Waals surface area (Å²) in [6.07, 6.45) is 3.80. The molecule has 4 aromatic heterocycles. The molecule has 8 heteroatoms. The molecule has 0 radical (unpaired) electrons. The first-order valence-corrected chi connectivity index (χ1v) is 14.9. The molecule has 8 nitrogen and oxygen atoms in total. The van der Waals surface area contributed by atoms with Crippen molar-refractivity contribution in [3.05, 3.63) is 109 Å². The Kier molecular flexibility index (Phi) is 6.49. The van der Waals surface area contributed by atoms with Crippen LogP contribution in [0.1, 0.15) is 0 Å². The lowest BCUT2D eigenvalue weighted by molar-refractivity contribution is 0.415. The van der Waals surface area contributed by atoms with E-state index in [2.05, 4.69) is 69.8 Å². The van der Waals surface area contributed by atoms with Gasteiger partial charge in [0, 0.05) is 45.1 Å². The molecule has 0 aliphatic heterocycles. The van der Waals surface area contributed by atoms with Crippen LogP contribution in [-0.2, 0) is 0 Å². The molecule has 4 aromatic carbocycles. The lowest BCUT2D eigenvalue weighted by Gasteiger charge is -2.10. The van der Waals surface area contributed by atoms with Crippen LogP contribution in [0, 0.1) is 0 Å². The molecule has 0 bridgehead atoms. The topological polar surface area (TPSA) is 72.6 Å². The highest BCUT2D eigenvalue weighted by atomic mass is 16.5. The molecule has 8 rings (SSSR count). The third kappa shape index (κ3) is 4.29. The molecule has 0 spiro atoms.